The molecule has 4 heteroatoms. The highest BCUT2D eigenvalue weighted by atomic mass is 35.5. The summed E-state index contributed by atoms with van der Waals surface area (Å²) in [5.74, 6) is -0.118. The zero-order valence-corrected chi connectivity index (χ0v) is 13.0. The molecule has 0 aliphatic carbocycles. The molecule has 3 N–H and O–H groups in total. The summed E-state index contributed by atoms with van der Waals surface area (Å²) < 4.78 is 0. The smallest absolute Gasteiger partial charge is 0.224 e. The van der Waals surface area contributed by atoms with Crippen molar-refractivity contribution in [2.45, 2.75) is 39.2 Å². The molecule has 3 nitrogen and oxygen atoms in total. The van der Waals surface area contributed by atoms with E-state index < -0.39 is 0 Å². The molecule has 0 saturated carbocycles. The Morgan fingerprint density at radius 2 is 1.79 bits per heavy atom. The van der Waals surface area contributed by atoms with E-state index >= 15 is 0 Å². The van der Waals surface area contributed by atoms with Crippen molar-refractivity contribution in [1.29, 1.82) is 0 Å². The van der Waals surface area contributed by atoms with Crippen LogP contribution in [0.2, 0.25) is 0 Å². The molecule has 0 aliphatic heterocycles. The number of carbonyl (C=O) groups is 1. The van der Waals surface area contributed by atoms with Crippen molar-refractivity contribution in [2.24, 2.45) is 11.7 Å². The molecule has 0 aromatic heterocycles. The van der Waals surface area contributed by atoms with Gasteiger partial charge in [-0.05, 0) is 12.5 Å². The van der Waals surface area contributed by atoms with Gasteiger partial charge < -0.3 is 11.1 Å². The average Bonchev–Trinajstić information content (AvgIpc) is 2.38. The number of rotatable bonds is 5. The first-order valence-corrected chi connectivity index (χ1v) is 6.45. The van der Waals surface area contributed by atoms with Crippen LogP contribution in [0.4, 0.5) is 0 Å². The molecule has 108 valence electrons. The highest BCUT2D eigenvalue weighted by Gasteiger charge is 2.29. The molecule has 0 bridgehead atoms. The van der Waals surface area contributed by atoms with Gasteiger partial charge >= 0.3 is 0 Å². The molecule has 1 aromatic rings. The predicted molar refractivity (Wildman–Crippen MR) is 82.5 cm³/mol. The Bertz CT molecular complexity index is 392. The topological polar surface area (TPSA) is 55.1 Å². The number of nitrogens with one attached hydrogen (secondary N) is 1. The fourth-order valence-electron chi connectivity index (χ4n) is 1.76. The standard InChI is InChI=1S/C15H24N2O.ClH/c1-11(10-16)14(18)17-12(2)15(3,4)13-8-6-5-7-9-13;/h5-9,11-12H,10,16H2,1-4H3,(H,17,18);1H. The van der Waals surface area contributed by atoms with E-state index in [1.807, 2.05) is 32.0 Å². The summed E-state index contributed by atoms with van der Waals surface area (Å²) in [5, 5.41) is 3.05. The van der Waals surface area contributed by atoms with Crippen LogP contribution in [0.1, 0.15) is 33.3 Å². The van der Waals surface area contributed by atoms with Crippen LogP contribution in [0.25, 0.3) is 0 Å². The molecular formula is C15H25ClN2O. The van der Waals surface area contributed by atoms with Crippen molar-refractivity contribution in [3.63, 3.8) is 0 Å². The van der Waals surface area contributed by atoms with E-state index in [0.29, 0.717) is 6.54 Å². The third-order valence-corrected chi connectivity index (χ3v) is 3.76. The van der Waals surface area contributed by atoms with Crippen LogP contribution in [-0.4, -0.2) is 18.5 Å². The van der Waals surface area contributed by atoms with Crippen LogP contribution in [0.3, 0.4) is 0 Å². The van der Waals surface area contributed by atoms with Gasteiger partial charge in [0.05, 0.1) is 0 Å². The molecule has 0 spiro atoms. The first-order valence-electron chi connectivity index (χ1n) is 6.45. The van der Waals surface area contributed by atoms with Crippen LogP contribution in [0.5, 0.6) is 0 Å². The van der Waals surface area contributed by atoms with E-state index in [-0.39, 0.29) is 35.7 Å². The molecular weight excluding hydrogens is 260 g/mol. The van der Waals surface area contributed by atoms with E-state index in [1.54, 1.807) is 0 Å². The first-order chi connectivity index (χ1) is 8.39. The van der Waals surface area contributed by atoms with Crippen molar-refractivity contribution >= 4 is 18.3 Å². The zero-order chi connectivity index (χ0) is 13.8. The van der Waals surface area contributed by atoms with Crippen LogP contribution in [0, 0.1) is 5.92 Å². The summed E-state index contributed by atoms with van der Waals surface area (Å²) in [7, 11) is 0. The molecule has 1 amide bonds. The minimum Gasteiger partial charge on any atom is -0.353 e. The number of hydrogen-bond acceptors (Lipinski definition) is 2. The largest absolute Gasteiger partial charge is 0.353 e. The summed E-state index contributed by atoms with van der Waals surface area (Å²) >= 11 is 0. The summed E-state index contributed by atoms with van der Waals surface area (Å²) in [6.45, 7) is 8.54. The lowest BCUT2D eigenvalue weighted by atomic mass is 9.78. The molecule has 0 radical (unpaired) electrons. The Hall–Kier alpha value is -1.06. The number of carbonyl (C=O) groups excluding carboxylic acids is 1. The molecule has 0 saturated heterocycles. The summed E-state index contributed by atoms with van der Waals surface area (Å²) in [5.41, 5.74) is 6.62. The van der Waals surface area contributed by atoms with Gasteiger partial charge in [-0.15, -0.1) is 12.4 Å². The maximum Gasteiger partial charge on any atom is 0.224 e. The van der Waals surface area contributed by atoms with Crippen LogP contribution in [-0.2, 0) is 10.2 Å². The van der Waals surface area contributed by atoms with E-state index in [9.17, 15) is 4.79 Å². The number of hydrogen-bond donors (Lipinski definition) is 2. The Morgan fingerprint density at radius 1 is 1.26 bits per heavy atom. The van der Waals surface area contributed by atoms with Gasteiger partial charge in [0, 0.05) is 23.9 Å². The molecule has 19 heavy (non-hydrogen) atoms. The van der Waals surface area contributed by atoms with E-state index in [0.717, 1.165) is 0 Å². The SMILES string of the molecule is CC(CN)C(=O)NC(C)C(C)(C)c1ccccc1.Cl. The van der Waals surface area contributed by atoms with Crippen molar-refractivity contribution in [1.82, 2.24) is 5.32 Å². The van der Waals surface area contributed by atoms with Crippen molar-refractivity contribution in [3.8, 4) is 0 Å². The molecule has 1 aromatic carbocycles. The average molecular weight is 285 g/mol. The summed E-state index contributed by atoms with van der Waals surface area (Å²) in [4.78, 5) is 11.9. The van der Waals surface area contributed by atoms with Gasteiger partial charge in [0.25, 0.3) is 0 Å². The Kier molecular flexibility index (Phi) is 7.09. The quantitative estimate of drug-likeness (QED) is 0.873. The fourth-order valence-corrected chi connectivity index (χ4v) is 1.76. The number of halogens is 1. The van der Waals surface area contributed by atoms with Gasteiger partial charge in [-0.3, -0.25) is 4.79 Å². The Balaban J connectivity index is 0.00000324. The molecule has 1 rings (SSSR count). The van der Waals surface area contributed by atoms with Crippen LogP contribution >= 0.6 is 12.4 Å². The number of amides is 1. The second-order valence-corrected chi connectivity index (χ2v) is 5.45. The minimum atomic E-state index is -0.140. The van der Waals surface area contributed by atoms with Gasteiger partial charge in [0.1, 0.15) is 0 Å². The van der Waals surface area contributed by atoms with Crippen molar-refractivity contribution in [2.75, 3.05) is 6.54 Å². The lowest BCUT2D eigenvalue weighted by molar-refractivity contribution is -0.125. The maximum atomic E-state index is 11.9. The molecule has 0 aliphatic rings. The molecule has 2 atom stereocenters. The van der Waals surface area contributed by atoms with Gasteiger partial charge in [-0.25, -0.2) is 0 Å². The Labute approximate surface area is 122 Å². The summed E-state index contributed by atoms with van der Waals surface area (Å²) in [6, 6.07) is 10.3. The predicted octanol–water partition coefficient (Wildman–Crippen LogP) is 2.49. The lowest BCUT2D eigenvalue weighted by Gasteiger charge is -2.33. The lowest BCUT2D eigenvalue weighted by Crippen LogP contribution is -2.48. The number of benzene rings is 1. The zero-order valence-electron chi connectivity index (χ0n) is 12.1. The normalized spacial score (nSPS) is 14.2. The Morgan fingerprint density at radius 3 is 2.26 bits per heavy atom. The van der Waals surface area contributed by atoms with Crippen molar-refractivity contribution in [3.05, 3.63) is 35.9 Å². The van der Waals surface area contributed by atoms with E-state index in [2.05, 4.69) is 31.3 Å². The third-order valence-electron chi connectivity index (χ3n) is 3.76. The monoisotopic (exact) mass is 284 g/mol. The van der Waals surface area contributed by atoms with Gasteiger partial charge in [0.15, 0.2) is 0 Å². The minimum absolute atomic E-state index is 0. The van der Waals surface area contributed by atoms with E-state index in [4.69, 9.17) is 5.73 Å². The second-order valence-electron chi connectivity index (χ2n) is 5.45. The third kappa shape index (κ3) is 4.51. The highest BCUT2D eigenvalue weighted by Crippen LogP contribution is 2.26. The van der Waals surface area contributed by atoms with Gasteiger partial charge in [-0.1, -0.05) is 51.1 Å². The highest BCUT2D eigenvalue weighted by molar-refractivity contribution is 5.85. The molecule has 0 heterocycles. The first kappa shape index (κ1) is 17.9. The van der Waals surface area contributed by atoms with Crippen LogP contribution < -0.4 is 11.1 Å². The summed E-state index contributed by atoms with van der Waals surface area (Å²) in [6.07, 6.45) is 0. The van der Waals surface area contributed by atoms with Crippen LogP contribution in [0.15, 0.2) is 30.3 Å². The second kappa shape index (κ2) is 7.51. The van der Waals surface area contributed by atoms with Crippen molar-refractivity contribution < 1.29 is 4.79 Å². The van der Waals surface area contributed by atoms with Gasteiger partial charge in [-0.2, -0.15) is 0 Å². The molecule has 0 fully saturated rings. The maximum absolute atomic E-state index is 11.9. The fraction of sp³-hybridized carbons (Fsp3) is 0.533. The van der Waals surface area contributed by atoms with Gasteiger partial charge in [0.2, 0.25) is 5.91 Å². The molecule has 2 unspecified atom stereocenters. The number of nitrogens with two attached hydrogens (primary N) is 1. The van der Waals surface area contributed by atoms with E-state index in [1.165, 1.54) is 5.56 Å².